The molecule has 22 heavy (non-hydrogen) atoms. The average Bonchev–Trinajstić information content (AvgIpc) is 3.03. The summed E-state index contributed by atoms with van der Waals surface area (Å²) in [7, 11) is 0. The molecule has 0 amide bonds. The number of hydrogen-bond acceptors (Lipinski definition) is 4. The van der Waals surface area contributed by atoms with E-state index in [0.717, 1.165) is 17.0 Å². The molecule has 0 saturated heterocycles. The van der Waals surface area contributed by atoms with E-state index in [1.54, 1.807) is 0 Å². The smallest absolute Gasteiger partial charge is 0.306 e. The average molecular weight is 298 g/mol. The molecule has 5 nitrogen and oxygen atoms in total. The molecule has 2 aromatic rings. The highest BCUT2D eigenvalue weighted by atomic mass is 16.5. The lowest BCUT2D eigenvalue weighted by Gasteiger charge is -2.22. The fourth-order valence-corrected chi connectivity index (χ4v) is 2.61. The second-order valence-corrected chi connectivity index (χ2v) is 5.47. The normalized spacial score (nSPS) is 20.9. The van der Waals surface area contributed by atoms with Crippen LogP contribution in [0.5, 0.6) is 0 Å². The van der Waals surface area contributed by atoms with Crippen LogP contribution in [0.25, 0.3) is 11.3 Å². The lowest BCUT2D eigenvalue weighted by Crippen LogP contribution is -2.33. The first-order chi connectivity index (χ1) is 10.7. The quantitative estimate of drug-likeness (QED) is 0.830. The number of hydrogen-bond donors (Lipinski definition) is 2. The van der Waals surface area contributed by atoms with Crippen molar-refractivity contribution in [1.29, 1.82) is 0 Å². The summed E-state index contributed by atoms with van der Waals surface area (Å²) >= 11 is 0. The summed E-state index contributed by atoms with van der Waals surface area (Å²) in [5.41, 5.74) is 1.80. The van der Waals surface area contributed by atoms with E-state index in [2.05, 4.69) is 10.5 Å². The van der Waals surface area contributed by atoms with Gasteiger partial charge in [0.25, 0.3) is 0 Å². The highest BCUT2D eigenvalue weighted by Gasteiger charge is 2.23. The molecule has 1 aliphatic carbocycles. The summed E-state index contributed by atoms with van der Waals surface area (Å²) in [6, 6.07) is 11.8. The molecule has 2 atom stereocenters. The minimum absolute atomic E-state index is 0.0618. The summed E-state index contributed by atoms with van der Waals surface area (Å²) in [5, 5.41) is 16.4. The summed E-state index contributed by atoms with van der Waals surface area (Å²) in [4.78, 5) is 11.0. The fraction of sp³-hybridized carbons (Fsp3) is 0.294. The molecule has 1 aliphatic rings. The number of rotatable bonds is 5. The zero-order chi connectivity index (χ0) is 15.4. The third-order valence-corrected chi connectivity index (χ3v) is 3.84. The lowest BCUT2D eigenvalue weighted by atomic mass is 9.91. The summed E-state index contributed by atoms with van der Waals surface area (Å²) in [6.07, 6.45) is 5.17. The molecule has 1 heterocycles. The van der Waals surface area contributed by atoms with E-state index in [0.29, 0.717) is 19.4 Å². The van der Waals surface area contributed by atoms with E-state index in [1.165, 1.54) is 0 Å². The highest BCUT2D eigenvalue weighted by Crippen LogP contribution is 2.21. The molecule has 0 unspecified atom stereocenters. The molecule has 2 N–H and O–H groups in total. The first-order valence-corrected chi connectivity index (χ1v) is 7.36. The number of aromatic nitrogens is 1. The second-order valence-electron chi connectivity index (χ2n) is 5.47. The van der Waals surface area contributed by atoms with Crippen molar-refractivity contribution in [2.24, 2.45) is 5.92 Å². The molecule has 0 spiro atoms. The summed E-state index contributed by atoms with van der Waals surface area (Å²) in [5.74, 6) is -0.302. The third-order valence-electron chi connectivity index (χ3n) is 3.84. The van der Waals surface area contributed by atoms with Crippen molar-refractivity contribution < 1.29 is 14.4 Å². The van der Waals surface area contributed by atoms with Crippen molar-refractivity contribution in [2.45, 2.75) is 25.4 Å². The van der Waals surface area contributed by atoms with Gasteiger partial charge in [0, 0.05) is 24.2 Å². The Labute approximate surface area is 128 Å². The Hall–Kier alpha value is -2.40. The van der Waals surface area contributed by atoms with Crippen molar-refractivity contribution in [3.8, 4) is 11.3 Å². The monoisotopic (exact) mass is 298 g/mol. The van der Waals surface area contributed by atoms with Gasteiger partial charge in [-0.05, 0) is 12.8 Å². The first kappa shape index (κ1) is 14.5. The van der Waals surface area contributed by atoms with Crippen LogP contribution in [0.4, 0.5) is 0 Å². The van der Waals surface area contributed by atoms with Gasteiger partial charge in [0.2, 0.25) is 0 Å². The van der Waals surface area contributed by atoms with E-state index < -0.39 is 5.97 Å². The standard InChI is InChI=1S/C17H18N2O3/c20-17(21)13-7-4-8-14(9-13)18-11-15-10-16(22-19-15)12-5-2-1-3-6-12/h1-6,8,10,13-14,18H,7,9,11H2,(H,20,21)/t13-,14-/m1/s1. The van der Waals surface area contributed by atoms with Gasteiger partial charge in [-0.2, -0.15) is 0 Å². The number of carboxylic acids is 1. The van der Waals surface area contributed by atoms with Gasteiger partial charge < -0.3 is 14.9 Å². The number of nitrogens with one attached hydrogen (secondary N) is 1. The zero-order valence-corrected chi connectivity index (χ0v) is 12.1. The predicted molar refractivity (Wildman–Crippen MR) is 82.1 cm³/mol. The molecule has 3 rings (SSSR count). The second kappa shape index (κ2) is 6.58. The van der Waals surface area contributed by atoms with Crippen molar-refractivity contribution in [3.05, 3.63) is 54.2 Å². The van der Waals surface area contributed by atoms with Crippen LogP contribution in [-0.4, -0.2) is 22.3 Å². The van der Waals surface area contributed by atoms with E-state index in [9.17, 15) is 4.79 Å². The largest absolute Gasteiger partial charge is 0.481 e. The molecule has 0 aliphatic heterocycles. The molecule has 0 radical (unpaired) electrons. The SMILES string of the molecule is O=C(O)[C@@H]1CC=C[C@@H](NCc2cc(-c3ccccc3)on2)C1. The van der Waals surface area contributed by atoms with Gasteiger partial charge in [-0.15, -0.1) is 0 Å². The van der Waals surface area contributed by atoms with Gasteiger partial charge >= 0.3 is 5.97 Å². The van der Waals surface area contributed by atoms with Crippen molar-refractivity contribution in [3.63, 3.8) is 0 Å². The molecular weight excluding hydrogens is 280 g/mol. The molecule has 114 valence electrons. The van der Waals surface area contributed by atoms with E-state index in [1.807, 2.05) is 48.6 Å². The molecule has 5 heteroatoms. The number of nitrogens with zero attached hydrogens (tertiary/aromatic N) is 1. The summed E-state index contributed by atoms with van der Waals surface area (Å²) < 4.78 is 5.35. The van der Waals surface area contributed by atoms with Crippen LogP contribution in [-0.2, 0) is 11.3 Å². The van der Waals surface area contributed by atoms with Gasteiger partial charge in [-0.3, -0.25) is 4.79 Å². The van der Waals surface area contributed by atoms with Crippen molar-refractivity contribution >= 4 is 5.97 Å². The molecular formula is C17H18N2O3. The maximum Gasteiger partial charge on any atom is 0.306 e. The minimum atomic E-state index is -0.732. The topological polar surface area (TPSA) is 75.4 Å². The number of carboxylic acid groups (broad SMARTS) is 1. The van der Waals surface area contributed by atoms with Crippen molar-refractivity contribution in [2.75, 3.05) is 0 Å². The highest BCUT2D eigenvalue weighted by molar-refractivity contribution is 5.70. The maximum absolute atomic E-state index is 11.0. The van der Waals surface area contributed by atoms with Crippen LogP contribution < -0.4 is 5.32 Å². The zero-order valence-electron chi connectivity index (χ0n) is 12.1. The van der Waals surface area contributed by atoms with E-state index >= 15 is 0 Å². The predicted octanol–water partition coefficient (Wildman–Crippen LogP) is 2.85. The van der Waals surface area contributed by atoms with E-state index in [4.69, 9.17) is 9.63 Å². The fourth-order valence-electron chi connectivity index (χ4n) is 2.61. The Morgan fingerprint density at radius 2 is 2.18 bits per heavy atom. The van der Waals surface area contributed by atoms with Gasteiger partial charge in [0.1, 0.15) is 0 Å². The Bertz CT molecular complexity index is 664. The minimum Gasteiger partial charge on any atom is -0.481 e. The Kier molecular flexibility index (Phi) is 4.34. The van der Waals surface area contributed by atoms with Gasteiger partial charge in [-0.25, -0.2) is 0 Å². The van der Waals surface area contributed by atoms with Crippen LogP contribution in [0.1, 0.15) is 18.5 Å². The van der Waals surface area contributed by atoms with E-state index in [-0.39, 0.29) is 12.0 Å². The van der Waals surface area contributed by atoms with Crippen LogP contribution in [0.3, 0.4) is 0 Å². The first-order valence-electron chi connectivity index (χ1n) is 7.36. The molecule has 1 aromatic heterocycles. The molecule has 0 saturated carbocycles. The molecule has 1 aromatic carbocycles. The summed E-state index contributed by atoms with van der Waals surface area (Å²) in [6.45, 7) is 0.553. The van der Waals surface area contributed by atoms with Crippen LogP contribution >= 0.6 is 0 Å². The number of benzene rings is 1. The van der Waals surface area contributed by atoms with Crippen molar-refractivity contribution in [1.82, 2.24) is 10.5 Å². The van der Waals surface area contributed by atoms with Crippen LogP contribution in [0.2, 0.25) is 0 Å². The third kappa shape index (κ3) is 3.43. The maximum atomic E-state index is 11.0. The van der Waals surface area contributed by atoms with Gasteiger partial charge in [0.15, 0.2) is 5.76 Å². The molecule has 0 fully saturated rings. The number of allylic oxidation sites excluding steroid dienone is 1. The van der Waals surface area contributed by atoms with Gasteiger partial charge in [-0.1, -0.05) is 47.6 Å². The Morgan fingerprint density at radius 3 is 2.95 bits per heavy atom. The molecule has 0 bridgehead atoms. The number of carbonyl (C=O) groups is 1. The Balaban J connectivity index is 1.58. The van der Waals surface area contributed by atoms with Crippen LogP contribution in [0, 0.1) is 5.92 Å². The van der Waals surface area contributed by atoms with Crippen LogP contribution in [0.15, 0.2) is 53.1 Å². The number of aliphatic carboxylic acids is 1. The van der Waals surface area contributed by atoms with Gasteiger partial charge in [0.05, 0.1) is 11.6 Å². The lowest BCUT2D eigenvalue weighted by molar-refractivity contribution is -0.142. The Morgan fingerprint density at radius 1 is 1.36 bits per heavy atom.